The molecule has 0 N–H and O–H groups in total. The Morgan fingerprint density at radius 3 is 2.33 bits per heavy atom. The molecule has 0 atom stereocenters. The zero-order valence-electron chi connectivity index (χ0n) is 9.87. The van der Waals surface area contributed by atoms with Crippen LogP contribution in [0.4, 0.5) is 10.5 Å². The van der Waals surface area contributed by atoms with Crippen molar-refractivity contribution in [3.63, 3.8) is 0 Å². The van der Waals surface area contributed by atoms with E-state index in [0.29, 0.717) is 13.2 Å². The number of benzene rings is 2. The second-order valence-corrected chi connectivity index (χ2v) is 4.24. The molecule has 1 amide bonds. The summed E-state index contributed by atoms with van der Waals surface area (Å²) >= 11 is 0. The van der Waals surface area contributed by atoms with Crippen molar-refractivity contribution in [3.8, 4) is 0 Å². The number of hydrogen-bond acceptors (Lipinski definition) is 2. The Balaban J connectivity index is 1.99. The van der Waals surface area contributed by atoms with Gasteiger partial charge in [0, 0.05) is 5.69 Å². The van der Waals surface area contributed by atoms with Gasteiger partial charge in [-0.1, -0.05) is 42.5 Å². The van der Waals surface area contributed by atoms with Gasteiger partial charge in [-0.25, -0.2) is 4.79 Å². The SMILES string of the molecule is O=C1OCc2ccccc2CN1c1ccccc1. The highest BCUT2D eigenvalue weighted by molar-refractivity contribution is 5.88. The van der Waals surface area contributed by atoms with Gasteiger partial charge in [0.05, 0.1) is 6.54 Å². The summed E-state index contributed by atoms with van der Waals surface area (Å²) in [6, 6.07) is 17.6. The Hall–Kier alpha value is -2.29. The van der Waals surface area contributed by atoms with Crippen LogP contribution < -0.4 is 4.90 Å². The Morgan fingerprint density at radius 2 is 1.56 bits per heavy atom. The van der Waals surface area contributed by atoms with Gasteiger partial charge < -0.3 is 4.74 Å². The summed E-state index contributed by atoms with van der Waals surface area (Å²) in [6.07, 6.45) is -0.294. The van der Waals surface area contributed by atoms with Crippen molar-refractivity contribution in [3.05, 3.63) is 65.7 Å². The molecule has 0 saturated carbocycles. The van der Waals surface area contributed by atoms with Crippen LogP contribution in [0.25, 0.3) is 0 Å². The predicted molar refractivity (Wildman–Crippen MR) is 69.3 cm³/mol. The standard InChI is InChI=1S/C15H13NO2/c17-15-16(14-8-2-1-3-9-14)10-12-6-4-5-7-13(12)11-18-15/h1-9H,10-11H2. The number of ether oxygens (including phenoxy) is 1. The number of cyclic esters (lactones) is 1. The molecule has 2 aromatic carbocycles. The third kappa shape index (κ3) is 1.95. The fourth-order valence-corrected chi connectivity index (χ4v) is 2.11. The van der Waals surface area contributed by atoms with Gasteiger partial charge in [-0.2, -0.15) is 0 Å². The number of nitrogens with zero attached hydrogens (tertiary/aromatic N) is 1. The van der Waals surface area contributed by atoms with Gasteiger partial charge in [-0.05, 0) is 23.3 Å². The maximum Gasteiger partial charge on any atom is 0.414 e. The fraction of sp³-hybridized carbons (Fsp3) is 0.133. The van der Waals surface area contributed by atoms with Gasteiger partial charge in [0.15, 0.2) is 0 Å². The minimum atomic E-state index is -0.294. The summed E-state index contributed by atoms with van der Waals surface area (Å²) < 4.78 is 5.28. The lowest BCUT2D eigenvalue weighted by atomic mass is 10.1. The lowest BCUT2D eigenvalue weighted by Crippen LogP contribution is -2.28. The van der Waals surface area contributed by atoms with Gasteiger partial charge in [0.2, 0.25) is 0 Å². The van der Waals surface area contributed by atoms with E-state index < -0.39 is 0 Å². The number of para-hydroxylation sites is 1. The number of hydrogen-bond donors (Lipinski definition) is 0. The fourth-order valence-electron chi connectivity index (χ4n) is 2.11. The molecule has 0 bridgehead atoms. The number of fused-ring (bicyclic) bond motifs is 1. The van der Waals surface area contributed by atoms with Gasteiger partial charge in [0.25, 0.3) is 0 Å². The normalized spacial score (nSPS) is 14.7. The van der Waals surface area contributed by atoms with E-state index in [0.717, 1.165) is 16.8 Å². The van der Waals surface area contributed by atoms with E-state index in [2.05, 4.69) is 0 Å². The summed E-state index contributed by atoms with van der Waals surface area (Å²) in [5, 5.41) is 0. The highest BCUT2D eigenvalue weighted by Gasteiger charge is 2.22. The zero-order valence-corrected chi connectivity index (χ0v) is 9.87. The molecule has 2 aromatic rings. The predicted octanol–water partition coefficient (Wildman–Crippen LogP) is 3.34. The summed E-state index contributed by atoms with van der Waals surface area (Å²) in [4.78, 5) is 13.6. The van der Waals surface area contributed by atoms with Gasteiger partial charge in [0.1, 0.15) is 6.61 Å². The summed E-state index contributed by atoms with van der Waals surface area (Å²) in [6.45, 7) is 0.900. The Kier molecular flexibility index (Phi) is 2.73. The molecular formula is C15H13NO2. The Bertz CT molecular complexity index is 566. The lowest BCUT2D eigenvalue weighted by molar-refractivity contribution is 0.149. The molecular weight excluding hydrogens is 226 g/mol. The highest BCUT2D eigenvalue weighted by atomic mass is 16.6. The van der Waals surface area contributed by atoms with Crippen molar-refractivity contribution in [2.75, 3.05) is 4.90 Å². The van der Waals surface area contributed by atoms with E-state index in [1.807, 2.05) is 54.6 Å². The largest absolute Gasteiger partial charge is 0.444 e. The molecule has 1 heterocycles. The van der Waals surface area contributed by atoms with E-state index in [1.165, 1.54) is 0 Å². The quantitative estimate of drug-likeness (QED) is 0.763. The van der Waals surface area contributed by atoms with E-state index in [4.69, 9.17) is 4.74 Å². The number of carbonyl (C=O) groups is 1. The topological polar surface area (TPSA) is 29.5 Å². The molecule has 0 radical (unpaired) electrons. The first kappa shape index (κ1) is 10.8. The molecule has 3 rings (SSSR count). The van der Waals surface area contributed by atoms with Crippen molar-refractivity contribution >= 4 is 11.8 Å². The maximum absolute atomic E-state index is 12.0. The monoisotopic (exact) mass is 239 g/mol. The van der Waals surface area contributed by atoms with Crippen molar-refractivity contribution in [1.29, 1.82) is 0 Å². The molecule has 3 heteroatoms. The van der Waals surface area contributed by atoms with Crippen LogP contribution in [0, 0.1) is 0 Å². The molecule has 90 valence electrons. The average molecular weight is 239 g/mol. The first-order chi connectivity index (χ1) is 8.84. The highest BCUT2D eigenvalue weighted by Crippen LogP contribution is 2.23. The smallest absolute Gasteiger partial charge is 0.414 e. The van der Waals surface area contributed by atoms with Gasteiger partial charge >= 0.3 is 6.09 Å². The molecule has 1 aliphatic heterocycles. The number of carbonyl (C=O) groups excluding carboxylic acids is 1. The third-order valence-electron chi connectivity index (χ3n) is 3.09. The van der Waals surface area contributed by atoms with Crippen LogP contribution in [-0.4, -0.2) is 6.09 Å². The van der Waals surface area contributed by atoms with Gasteiger partial charge in [-0.15, -0.1) is 0 Å². The lowest BCUT2D eigenvalue weighted by Gasteiger charge is -2.19. The average Bonchev–Trinajstić information content (AvgIpc) is 2.60. The molecule has 0 saturated heterocycles. The Labute approximate surface area is 106 Å². The molecule has 0 aromatic heterocycles. The number of rotatable bonds is 1. The molecule has 3 nitrogen and oxygen atoms in total. The summed E-state index contributed by atoms with van der Waals surface area (Å²) in [5.74, 6) is 0. The minimum absolute atomic E-state index is 0.294. The molecule has 0 aliphatic carbocycles. The molecule has 0 unspecified atom stereocenters. The minimum Gasteiger partial charge on any atom is -0.444 e. The van der Waals surface area contributed by atoms with E-state index in [9.17, 15) is 4.79 Å². The van der Waals surface area contributed by atoms with Crippen LogP contribution in [0.2, 0.25) is 0 Å². The molecule has 0 fully saturated rings. The number of anilines is 1. The summed E-state index contributed by atoms with van der Waals surface area (Å²) in [5.41, 5.74) is 3.07. The van der Waals surface area contributed by atoms with Crippen LogP contribution in [0.5, 0.6) is 0 Å². The van der Waals surface area contributed by atoms with Gasteiger partial charge in [-0.3, -0.25) is 4.90 Å². The summed E-state index contributed by atoms with van der Waals surface area (Å²) in [7, 11) is 0. The second kappa shape index (κ2) is 4.53. The van der Waals surface area contributed by atoms with Crippen molar-refractivity contribution in [1.82, 2.24) is 0 Å². The van der Waals surface area contributed by atoms with Crippen molar-refractivity contribution < 1.29 is 9.53 Å². The number of amides is 1. The second-order valence-electron chi connectivity index (χ2n) is 4.24. The molecule has 1 aliphatic rings. The molecule has 0 spiro atoms. The van der Waals surface area contributed by atoms with E-state index in [-0.39, 0.29) is 6.09 Å². The van der Waals surface area contributed by atoms with Crippen LogP contribution in [0.3, 0.4) is 0 Å². The van der Waals surface area contributed by atoms with Crippen LogP contribution in [-0.2, 0) is 17.9 Å². The maximum atomic E-state index is 12.0. The van der Waals surface area contributed by atoms with Crippen LogP contribution in [0.1, 0.15) is 11.1 Å². The van der Waals surface area contributed by atoms with E-state index >= 15 is 0 Å². The Morgan fingerprint density at radius 1 is 0.889 bits per heavy atom. The third-order valence-corrected chi connectivity index (χ3v) is 3.09. The molecule has 18 heavy (non-hydrogen) atoms. The first-order valence-corrected chi connectivity index (χ1v) is 5.91. The van der Waals surface area contributed by atoms with Crippen LogP contribution in [0.15, 0.2) is 54.6 Å². The van der Waals surface area contributed by atoms with E-state index in [1.54, 1.807) is 4.90 Å². The van der Waals surface area contributed by atoms with Crippen LogP contribution >= 0.6 is 0 Å². The first-order valence-electron chi connectivity index (χ1n) is 5.91. The van der Waals surface area contributed by atoms with Crippen molar-refractivity contribution in [2.45, 2.75) is 13.2 Å². The zero-order chi connectivity index (χ0) is 12.4. The van der Waals surface area contributed by atoms with Crippen molar-refractivity contribution in [2.24, 2.45) is 0 Å².